The van der Waals surface area contributed by atoms with Crippen LogP contribution in [0.5, 0.6) is 0 Å². The zero-order valence-corrected chi connectivity index (χ0v) is 10.9. The lowest BCUT2D eigenvalue weighted by molar-refractivity contribution is -0.187. The van der Waals surface area contributed by atoms with E-state index in [0.29, 0.717) is 25.3 Å². The number of nitrogens with two attached hydrogens (primary N) is 1. The van der Waals surface area contributed by atoms with Crippen LogP contribution in [-0.4, -0.2) is 36.8 Å². The van der Waals surface area contributed by atoms with Crippen LogP contribution in [0.4, 0.5) is 13.2 Å². The monoisotopic (exact) mass is 264 g/mol. The molecule has 0 heterocycles. The summed E-state index contributed by atoms with van der Waals surface area (Å²) in [6, 6.07) is 0.335. The van der Waals surface area contributed by atoms with Gasteiger partial charge in [-0.1, -0.05) is 6.42 Å². The van der Waals surface area contributed by atoms with Gasteiger partial charge in [-0.25, -0.2) is 0 Å². The maximum atomic E-state index is 12.8. The minimum atomic E-state index is -4.03. The first-order valence-corrected chi connectivity index (χ1v) is 6.92. The maximum Gasteiger partial charge on any atom is 0.391 e. The van der Waals surface area contributed by atoms with Crippen molar-refractivity contribution in [2.24, 2.45) is 17.6 Å². The highest BCUT2D eigenvalue weighted by Crippen LogP contribution is 2.41. The zero-order chi connectivity index (χ0) is 13.3. The topological polar surface area (TPSA) is 29.3 Å². The van der Waals surface area contributed by atoms with Gasteiger partial charge in [0.1, 0.15) is 0 Å². The summed E-state index contributed by atoms with van der Waals surface area (Å²) >= 11 is 0. The van der Waals surface area contributed by atoms with Gasteiger partial charge in [0.2, 0.25) is 0 Å². The lowest BCUT2D eigenvalue weighted by Crippen LogP contribution is -2.48. The Morgan fingerprint density at radius 1 is 1.22 bits per heavy atom. The lowest BCUT2D eigenvalue weighted by atomic mass is 9.84. The lowest BCUT2D eigenvalue weighted by Gasteiger charge is -2.40. The van der Waals surface area contributed by atoms with Crippen LogP contribution >= 0.6 is 0 Å². The highest BCUT2D eigenvalue weighted by Gasteiger charge is 2.44. The number of rotatable bonds is 4. The summed E-state index contributed by atoms with van der Waals surface area (Å²) in [6.45, 7) is 0.564. The smallest absolute Gasteiger partial charge is 0.329 e. The molecule has 2 rings (SSSR count). The maximum absolute atomic E-state index is 12.8. The van der Waals surface area contributed by atoms with Crippen molar-refractivity contribution < 1.29 is 13.2 Å². The molecule has 3 unspecified atom stereocenters. The Morgan fingerprint density at radius 3 is 2.39 bits per heavy atom. The van der Waals surface area contributed by atoms with E-state index in [1.54, 1.807) is 0 Å². The van der Waals surface area contributed by atoms with Crippen molar-refractivity contribution in [1.82, 2.24) is 4.90 Å². The number of likely N-dealkylation sites (N-methyl/N-ethyl adjacent to an activating group) is 1. The van der Waals surface area contributed by atoms with E-state index in [4.69, 9.17) is 5.73 Å². The second-order valence-corrected chi connectivity index (χ2v) is 5.86. The van der Waals surface area contributed by atoms with Gasteiger partial charge in [-0.3, -0.25) is 4.90 Å². The molecule has 0 amide bonds. The molecule has 0 aromatic rings. The second-order valence-electron chi connectivity index (χ2n) is 5.86. The predicted molar refractivity (Wildman–Crippen MR) is 65.1 cm³/mol. The number of hydrogen-bond acceptors (Lipinski definition) is 2. The van der Waals surface area contributed by atoms with E-state index in [1.807, 2.05) is 7.05 Å². The van der Waals surface area contributed by atoms with Gasteiger partial charge in [-0.2, -0.15) is 13.2 Å². The zero-order valence-electron chi connectivity index (χ0n) is 10.9. The molecule has 5 heteroatoms. The van der Waals surface area contributed by atoms with Crippen LogP contribution in [0.15, 0.2) is 0 Å². The van der Waals surface area contributed by atoms with Gasteiger partial charge in [0, 0.05) is 18.6 Å². The molecule has 2 fully saturated rings. The molecule has 0 bridgehead atoms. The molecule has 0 spiro atoms. The van der Waals surface area contributed by atoms with Crippen LogP contribution in [0, 0.1) is 11.8 Å². The van der Waals surface area contributed by atoms with Gasteiger partial charge in [0.15, 0.2) is 0 Å². The van der Waals surface area contributed by atoms with Crippen LogP contribution in [0.25, 0.3) is 0 Å². The fraction of sp³-hybridized carbons (Fsp3) is 1.00. The summed E-state index contributed by atoms with van der Waals surface area (Å²) in [7, 11) is 1.96. The van der Waals surface area contributed by atoms with E-state index in [1.165, 1.54) is 12.8 Å². The number of halogens is 3. The first kappa shape index (κ1) is 14.1. The first-order valence-electron chi connectivity index (χ1n) is 6.92. The van der Waals surface area contributed by atoms with Gasteiger partial charge < -0.3 is 5.73 Å². The summed E-state index contributed by atoms with van der Waals surface area (Å²) in [4.78, 5) is 2.13. The van der Waals surface area contributed by atoms with E-state index >= 15 is 0 Å². The van der Waals surface area contributed by atoms with Gasteiger partial charge in [-0.15, -0.1) is 0 Å². The Labute approximate surface area is 107 Å². The van der Waals surface area contributed by atoms with Gasteiger partial charge >= 0.3 is 6.18 Å². The molecule has 3 atom stereocenters. The molecule has 2 aliphatic carbocycles. The normalized spacial score (nSPS) is 31.7. The molecule has 2 N–H and O–H groups in total. The molecule has 0 aromatic carbocycles. The second kappa shape index (κ2) is 5.37. The van der Waals surface area contributed by atoms with Crippen molar-refractivity contribution in [3.05, 3.63) is 0 Å². The highest BCUT2D eigenvalue weighted by molar-refractivity contribution is 4.92. The predicted octanol–water partition coefficient (Wildman–Crippen LogP) is 2.78. The molecule has 2 nitrogen and oxygen atoms in total. The van der Waals surface area contributed by atoms with Crippen molar-refractivity contribution in [2.75, 3.05) is 13.6 Å². The standard InChI is InChI=1S/C13H23F3N2/c1-18(12(8-17)9-5-6-9)11-4-2-3-10(7-11)13(14,15)16/h9-12H,2-8,17H2,1H3. The van der Waals surface area contributed by atoms with Crippen LogP contribution < -0.4 is 5.73 Å². The molecule has 106 valence electrons. The molecule has 0 saturated heterocycles. The number of alkyl halides is 3. The van der Waals surface area contributed by atoms with Gasteiger partial charge in [0.05, 0.1) is 5.92 Å². The van der Waals surface area contributed by atoms with E-state index in [-0.39, 0.29) is 18.5 Å². The minimum absolute atomic E-state index is 0.0551. The quantitative estimate of drug-likeness (QED) is 0.846. The molecule has 2 aliphatic rings. The Morgan fingerprint density at radius 2 is 1.89 bits per heavy atom. The van der Waals surface area contributed by atoms with Crippen molar-refractivity contribution in [1.29, 1.82) is 0 Å². The average Bonchev–Trinajstić information content (AvgIpc) is 3.13. The Kier molecular flexibility index (Phi) is 4.22. The van der Waals surface area contributed by atoms with E-state index in [2.05, 4.69) is 4.90 Å². The summed E-state index contributed by atoms with van der Waals surface area (Å²) in [5, 5.41) is 0. The molecule has 0 aliphatic heterocycles. The third-order valence-corrected chi connectivity index (χ3v) is 4.62. The first-order chi connectivity index (χ1) is 8.43. The molecule has 18 heavy (non-hydrogen) atoms. The molecular formula is C13H23F3N2. The van der Waals surface area contributed by atoms with Crippen LogP contribution in [0.1, 0.15) is 38.5 Å². The van der Waals surface area contributed by atoms with Crippen molar-refractivity contribution in [3.63, 3.8) is 0 Å². The molecule has 0 radical (unpaired) electrons. The minimum Gasteiger partial charge on any atom is -0.329 e. The highest BCUT2D eigenvalue weighted by atomic mass is 19.4. The largest absolute Gasteiger partial charge is 0.391 e. The summed E-state index contributed by atoms with van der Waals surface area (Å²) < 4.78 is 38.4. The van der Waals surface area contributed by atoms with Crippen LogP contribution in [0.2, 0.25) is 0 Å². The van der Waals surface area contributed by atoms with Gasteiger partial charge in [0.25, 0.3) is 0 Å². The third kappa shape index (κ3) is 3.18. The fourth-order valence-corrected chi connectivity index (χ4v) is 3.27. The van der Waals surface area contributed by atoms with Crippen molar-refractivity contribution >= 4 is 0 Å². The van der Waals surface area contributed by atoms with Crippen LogP contribution in [-0.2, 0) is 0 Å². The fourth-order valence-electron chi connectivity index (χ4n) is 3.27. The third-order valence-electron chi connectivity index (χ3n) is 4.62. The van der Waals surface area contributed by atoms with E-state index in [9.17, 15) is 13.2 Å². The Balaban J connectivity index is 1.95. The Hall–Kier alpha value is -0.290. The van der Waals surface area contributed by atoms with E-state index < -0.39 is 12.1 Å². The Bertz CT molecular complexity index is 276. The summed E-state index contributed by atoms with van der Waals surface area (Å²) in [5.74, 6) is -0.498. The number of nitrogens with zero attached hydrogens (tertiary/aromatic N) is 1. The SMILES string of the molecule is CN(C1CCCC(C(F)(F)F)C1)C(CN)C1CC1. The average molecular weight is 264 g/mol. The summed E-state index contributed by atoms with van der Waals surface area (Å²) in [5.41, 5.74) is 5.78. The van der Waals surface area contributed by atoms with Crippen molar-refractivity contribution in [2.45, 2.75) is 56.8 Å². The van der Waals surface area contributed by atoms with E-state index in [0.717, 1.165) is 6.42 Å². The molecule has 0 aromatic heterocycles. The van der Waals surface area contributed by atoms with Crippen LogP contribution in [0.3, 0.4) is 0 Å². The number of hydrogen-bond donors (Lipinski definition) is 1. The molecular weight excluding hydrogens is 241 g/mol. The van der Waals surface area contributed by atoms with Crippen molar-refractivity contribution in [3.8, 4) is 0 Å². The summed E-state index contributed by atoms with van der Waals surface area (Å²) in [6.07, 6.45) is 0.446. The molecule has 2 saturated carbocycles. The van der Waals surface area contributed by atoms with Gasteiger partial charge in [-0.05, 0) is 45.1 Å².